The van der Waals surface area contributed by atoms with Crippen molar-refractivity contribution in [1.29, 1.82) is 0 Å². The van der Waals surface area contributed by atoms with Gasteiger partial charge >= 0.3 is 18.2 Å². The van der Waals surface area contributed by atoms with Crippen LogP contribution in [0.15, 0.2) is 24.3 Å². The van der Waals surface area contributed by atoms with Crippen LogP contribution in [0.1, 0.15) is 33.3 Å². The molecule has 0 saturated carbocycles. The summed E-state index contributed by atoms with van der Waals surface area (Å²) in [6.45, 7) is 6.22. The number of ether oxygens (including phenoxy) is 2. The van der Waals surface area contributed by atoms with Crippen LogP contribution in [-0.2, 0) is 19.9 Å². The number of carbonyl (C=O) groups is 2. The van der Waals surface area contributed by atoms with Gasteiger partial charge in [0, 0.05) is 17.8 Å². The molecular weight excluding hydrogens is 355 g/mol. The van der Waals surface area contributed by atoms with Crippen LogP contribution in [0.5, 0.6) is 0 Å². The molecule has 1 atom stereocenters. The Bertz CT molecular complexity index is 630. The van der Waals surface area contributed by atoms with Gasteiger partial charge in [-0.3, -0.25) is 4.90 Å². The molecule has 0 radical (unpaired) electrons. The number of amides is 1. The van der Waals surface area contributed by atoms with E-state index in [0.717, 1.165) is 12.1 Å². The SMILES string of the molecule is CCOC(=O)[C@](O)(c1ccc(N(CC)C(=O)OC(C)C)cc1)C(F)(F)F. The molecule has 9 heteroatoms. The second-order valence-electron chi connectivity index (χ2n) is 5.65. The maximum Gasteiger partial charge on any atom is 0.432 e. The molecule has 6 nitrogen and oxygen atoms in total. The molecule has 146 valence electrons. The van der Waals surface area contributed by atoms with E-state index in [2.05, 4.69) is 4.74 Å². The van der Waals surface area contributed by atoms with E-state index < -0.39 is 29.4 Å². The second kappa shape index (κ2) is 8.39. The Hall–Kier alpha value is -2.29. The van der Waals surface area contributed by atoms with E-state index in [-0.39, 0.29) is 24.9 Å². The zero-order valence-corrected chi connectivity index (χ0v) is 15.0. The zero-order chi connectivity index (χ0) is 20.1. The fraction of sp³-hybridized carbons (Fsp3) is 0.529. The van der Waals surface area contributed by atoms with Gasteiger partial charge in [0.25, 0.3) is 5.60 Å². The first-order chi connectivity index (χ1) is 12.0. The van der Waals surface area contributed by atoms with Gasteiger partial charge in [0.2, 0.25) is 0 Å². The van der Waals surface area contributed by atoms with E-state index in [9.17, 15) is 27.9 Å². The molecule has 1 aromatic carbocycles. The number of carbonyl (C=O) groups excluding carboxylic acids is 2. The van der Waals surface area contributed by atoms with Crippen molar-refractivity contribution in [1.82, 2.24) is 0 Å². The number of nitrogens with zero attached hydrogens (tertiary/aromatic N) is 1. The first-order valence-corrected chi connectivity index (χ1v) is 8.04. The lowest BCUT2D eigenvalue weighted by molar-refractivity contribution is -0.267. The number of halogens is 3. The number of hydrogen-bond acceptors (Lipinski definition) is 5. The average Bonchev–Trinajstić information content (AvgIpc) is 2.53. The van der Waals surface area contributed by atoms with Gasteiger partial charge in [0.05, 0.1) is 12.7 Å². The molecule has 0 aliphatic rings. The first kappa shape index (κ1) is 21.8. The van der Waals surface area contributed by atoms with Crippen molar-refractivity contribution >= 4 is 17.7 Å². The summed E-state index contributed by atoms with van der Waals surface area (Å²) in [5.74, 6) is -1.81. The Balaban J connectivity index is 3.24. The minimum Gasteiger partial charge on any atom is -0.463 e. The lowest BCUT2D eigenvalue weighted by Gasteiger charge is -2.29. The molecule has 1 aromatic rings. The third-order valence-electron chi connectivity index (χ3n) is 3.45. The smallest absolute Gasteiger partial charge is 0.432 e. The highest BCUT2D eigenvalue weighted by atomic mass is 19.4. The van der Waals surface area contributed by atoms with Crippen LogP contribution in [0.3, 0.4) is 0 Å². The molecule has 0 unspecified atom stereocenters. The van der Waals surface area contributed by atoms with Crippen molar-refractivity contribution in [3.63, 3.8) is 0 Å². The zero-order valence-electron chi connectivity index (χ0n) is 15.0. The predicted molar refractivity (Wildman–Crippen MR) is 87.7 cm³/mol. The Labute approximate surface area is 149 Å². The number of hydrogen-bond donors (Lipinski definition) is 1. The van der Waals surface area contributed by atoms with E-state index in [1.165, 1.54) is 24.0 Å². The van der Waals surface area contributed by atoms with Crippen LogP contribution >= 0.6 is 0 Å². The van der Waals surface area contributed by atoms with Gasteiger partial charge in [-0.15, -0.1) is 0 Å². The minimum absolute atomic E-state index is 0.215. The summed E-state index contributed by atoms with van der Waals surface area (Å²) in [4.78, 5) is 25.0. The number of esters is 1. The van der Waals surface area contributed by atoms with Crippen molar-refractivity contribution in [2.24, 2.45) is 0 Å². The van der Waals surface area contributed by atoms with Gasteiger partial charge in [-0.25, -0.2) is 9.59 Å². The lowest BCUT2D eigenvalue weighted by Crippen LogP contribution is -2.50. The van der Waals surface area contributed by atoms with Crippen molar-refractivity contribution in [2.45, 2.75) is 45.6 Å². The Morgan fingerprint density at radius 3 is 2.08 bits per heavy atom. The van der Waals surface area contributed by atoms with Gasteiger partial charge < -0.3 is 14.6 Å². The summed E-state index contributed by atoms with van der Waals surface area (Å²) in [6.07, 6.45) is -6.30. The fourth-order valence-corrected chi connectivity index (χ4v) is 2.20. The Morgan fingerprint density at radius 2 is 1.69 bits per heavy atom. The minimum atomic E-state index is -5.28. The molecule has 0 aromatic heterocycles. The number of rotatable bonds is 6. The van der Waals surface area contributed by atoms with Crippen molar-refractivity contribution in [3.05, 3.63) is 29.8 Å². The normalized spacial score (nSPS) is 13.9. The van der Waals surface area contributed by atoms with Crippen molar-refractivity contribution < 1.29 is 37.3 Å². The van der Waals surface area contributed by atoms with Crippen LogP contribution in [-0.4, -0.2) is 42.6 Å². The van der Waals surface area contributed by atoms with Crippen LogP contribution < -0.4 is 4.90 Å². The topological polar surface area (TPSA) is 76.1 Å². The first-order valence-electron chi connectivity index (χ1n) is 8.04. The van der Waals surface area contributed by atoms with E-state index in [0.29, 0.717) is 0 Å². The highest BCUT2D eigenvalue weighted by Crippen LogP contribution is 2.40. The molecule has 1 N–H and O–H groups in total. The predicted octanol–water partition coefficient (Wildman–Crippen LogP) is 3.37. The van der Waals surface area contributed by atoms with E-state index in [4.69, 9.17) is 4.74 Å². The molecule has 0 heterocycles. The van der Waals surface area contributed by atoms with Crippen LogP contribution in [0.2, 0.25) is 0 Å². The molecule has 0 aliphatic heterocycles. The molecule has 0 saturated heterocycles. The number of aliphatic hydroxyl groups is 1. The third kappa shape index (κ3) is 4.46. The molecule has 1 rings (SSSR count). The summed E-state index contributed by atoms with van der Waals surface area (Å²) >= 11 is 0. The van der Waals surface area contributed by atoms with Gasteiger partial charge in [-0.05, 0) is 39.8 Å². The third-order valence-corrected chi connectivity index (χ3v) is 3.45. The van der Waals surface area contributed by atoms with Gasteiger partial charge in [0.1, 0.15) is 0 Å². The number of alkyl halides is 3. The maximum absolute atomic E-state index is 13.3. The van der Waals surface area contributed by atoms with E-state index >= 15 is 0 Å². The van der Waals surface area contributed by atoms with Crippen molar-refractivity contribution in [2.75, 3.05) is 18.1 Å². The van der Waals surface area contributed by atoms with Crippen molar-refractivity contribution in [3.8, 4) is 0 Å². The molecule has 0 aliphatic carbocycles. The summed E-state index contributed by atoms with van der Waals surface area (Å²) in [7, 11) is 0. The molecule has 0 bridgehead atoms. The van der Waals surface area contributed by atoms with Crippen LogP contribution in [0.4, 0.5) is 23.7 Å². The standard InChI is InChI=1S/C17H22F3NO5/c1-5-21(15(23)26-11(3)4)13-9-7-12(8-10-13)16(24,17(18,19)20)14(22)25-6-2/h7-11,24H,5-6H2,1-4H3/t16-/m1/s1. The summed E-state index contributed by atoms with van der Waals surface area (Å²) in [5.41, 5.74) is -4.24. The highest BCUT2D eigenvalue weighted by molar-refractivity contribution is 5.88. The fourth-order valence-electron chi connectivity index (χ4n) is 2.20. The number of anilines is 1. The van der Waals surface area contributed by atoms with E-state index in [1.54, 1.807) is 20.8 Å². The Kier molecular flexibility index (Phi) is 7.02. The van der Waals surface area contributed by atoms with Crippen LogP contribution in [0, 0.1) is 0 Å². The molecule has 0 spiro atoms. The summed E-state index contributed by atoms with van der Waals surface area (Å²) < 4.78 is 49.4. The average molecular weight is 377 g/mol. The number of benzene rings is 1. The molecule has 1 amide bonds. The van der Waals surface area contributed by atoms with Gasteiger partial charge in [-0.1, -0.05) is 12.1 Å². The maximum atomic E-state index is 13.3. The second-order valence-corrected chi connectivity index (χ2v) is 5.65. The van der Waals surface area contributed by atoms with Gasteiger partial charge in [-0.2, -0.15) is 13.2 Å². The van der Waals surface area contributed by atoms with Crippen LogP contribution in [0.25, 0.3) is 0 Å². The largest absolute Gasteiger partial charge is 0.463 e. The monoisotopic (exact) mass is 377 g/mol. The Morgan fingerprint density at radius 1 is 1.15 bits per heavy atom. The highest BCUT2D eigenvalue weighted by Gasteiger charge is 2.62. The lowest BCUT2D eigenvalue weighted by atomic mass is 9.93. The summed E-state index contributed by atoms with van der Waals surface area (Å²) in [5, 5.41) is 10.0. The quantitative estimate of drug-likeness (QED) is 0.770. The van der Waals surface area contributed by atoms with E-state index in [1.807, 2.05) is 0 Å². The summed E-state index contributed by atoms with van der Waals surface area (Å²) in [6, 6.07) is 4.23. The molecule has 0 fully saturated rings. The van der Waals surface area contributed by atoms with Gasteiger partial charge in [0.15, 0.2) is 0 Å². The molecular formula is C17H22F3NO5. The molecule has 26 heavy (non-hydrogen) atoms.